The van der Waals surface area contributed by atoms with E-state index < -0.39 is 0 Å². The zero-order chi connectivity index (χ0) is 58.4. The lowest BCUT2D eigenvalue weighted by Gasteiger charge is -2.45. The molecule has 0 radical (unpaired) electrons. The molecule has 0 atom stereocenters. The van der Waals surface area contributed by atoms with Crippen molar-refractivity contribution in [3.63, 3.8) is 0 Å². The monoisotopic (exact) mass is 1100 g/mol. The molecule has 0 amide bonds. The second-order valence-electron chi connectivity index (χ2n) is 28.9. The molecule has 1 aromatic heterocycles. The molecule has 4 nitrogen and oxygen atoms in total. The van der Waals surface area contributed by atoms with Gasteiger partial charge in [0.05, 0.1) is 17.0 Å². The maximum Gasteiger partial charge on any atom is 0.297 e. The van der Waals surface area contributed by atoms with Gasteiger partial charge in [0.15, 0.2) is 0 Å². The molecule has 5 heteroatoms. The van der Waals surface area contributed by atoms with E-state index in [-0.39, 0.29) is 33.8 Å². The van der Waals surface area contributed by atoms with Gasteiger partial charge in [0.25, 0.3) is 6.71 Å². The number of furan rings is 1. The highest BCUT2D eigenvalue weighted by Crippen LogP contribution is 2.55. The van der Waals surface area contributed by atoms with Crippen molar-refractivity contribution in [2.24, 2.45) is 0 Å². The van der Waals surface area contributed by atoms with E-state index in [0.717, 1.165) is 88.1 Å². The Morgan fingerprint density at radius 2 is 0.940 bits per heavy atom. The number of benzene rings is 9. The number of hydrogen-bond acceptors (Lipinski definition) is 4. The van der Waals surface area contributed by atoms with E-state index in [4.69, 9.17) is 4.42 Å². The molecule has 4 aliphatic rings. The van der Waals surface area contributed by atoms with Crippen molar-refractivity contribution in [3.05, 3.63) is 228 Å². The fraction of sp³-hybridized carbons (Fsp3) is 0.291. The van der Waals surface area contributed by atoms with Crippen LogP contribution in [0.25, 0.3) is 33.2 Å². The van der Waals surface area contributed by atoms with Crippen LogP contribution < -0.4 is 31.3 Å². The third-order valence-electron chi connectivity index (χ3n) is 20.1. The Bertz CT molecular complexity index is 4160. The van der Waals surface area contributed by atoms with Crippen LogP contribution in [0.4, 0.5) is 51.2 Å². The maximum atomic E-state index is 7.83. The van der Waals surface area contributed by atoms with Gasteiger partial charge in [-0.05, 0) is 204 Å². The number of anilines is 9. The quantitative estimate of drug-likeness (QED) is 0.141. The average Bonchev–Trinajstić information content (AvgIpc) is 1.30. The highest BCUT2D eigenvalue weighted by Gasteiger charge is 2.49. The normalized spacial score (nSPS) is 16.9. The predicted octanol–water partition coefficient (Wildman–Crippen LogP) is 20.4. The van der Waals surface area contributed by atoms with Gasteiger partial charge < -0.3 is 19.1 Å². The van der Waals surface area contributed by atoms with Crippen LogP contribution in [0.2, 0.25) is 0 Å². The van der Waals surface area contributed by atoms with Crippen LogP contribution in [-0.2, 0) is 27.1 Å². The van der Waals surface area contributed by atoms with Gasteiger partial charge in [-0.3, -0.25) is 0 Å². The Morgan fingerprint density at radius 1 is 0.452 bits per heavy atom. The van der Waals surface area contributed by atoms with Crippen molar-refractivity contribution < 1.29 is 4.42 Å². The first-order chi connectivity index (χ1) is 40.1. The summed E-state index contributed by atoms with van der Waals surface area (Å²) in [7, 11) is 0. The average molecular weight is 1100 g/mol. The van der Waals surface area contributed by atoms with E-state index in [1.807, 2.05) is 0 Å². The summed E-state index contributed by atoms with van der Waals surface area (Å²) in [6.07, 6.45) is 4.53. The molecule has 9 aromatic carbocycles. The number of para-hydroxylation sites is 2. The lowest BCUT2D eigenvalue weighted by molar-refractivity contribution is 0.332. The zero-order valence-corrected chi connectivity index (χ0v) is 51.7. The lowest BCUT2D eigenvalue weighted by Crippen LogP contribution is -2.61. The summed E-state index contributed by atoms with van der Waals surface area (Å²) in [5, 5.41) is 1.17. The Morgan fingerprint density at radius 3 is 1.51 bits per heavy atom. The second-order valence-corrected chi connectivity index (χ2v) is 28.9. The van der Waals surface area contributed by atoms with E-state index in [9.17, 15) is 0 Å². The molecule has 14 rings (SSSR count). The van der Waals surface area contributed by atoms with Crippen molar-refractivity contribution in [1.82, 2.24) is 0 Å². The molecule has 0 N–H and O–H groups in total. The van der Waals surface area contributed by atoms with Gasteiger partial charge in [0.2, 0.25) is 0 Å². The zero-order valence-electron chi connectivity index (χ0n) is 51.7. The Balaban J connectivity index is 1.10. The fourth-order valence-corrected chi connectivity index (χ4v) is 14.7. The second kappa shape index (κ2) is 19.3. The van der Waals surface area contributed by atoms with Crippen molar-refractivity contribution in [2.45, 2.75) is 149 Å². The van der Waals surface area contributed by atoms with Gasteiger partial charge in [0, 0.05) is 45.2 Å². The summed E-state index contributed by atoms with van der Waals surface area (Å²) in [6.45, 7) is 30.7. The third kappa shape index (κ3) is 8.77. The van der Waals surface area contributed by atoms with Gasteiger partial charge in [0.1, 0.15) is 5.58 Å². The Hall–Kier alpha value is -8.02. The van der Waals surface area contributed by atoms with Crippen LogP contribution >= 0.6 is 0 Å². The van der Waals surface area contributed by atoms with E-state index in [1.165, 1.54) is 71.9 Å². The molecule has 0 unspecified atom stereocenters. The molecule has 84 heavy (non-hydrogen) atoms. The number of rotatable bonds is 8. The molecular weight excluding hydrogens is 1020 g/mol. The first-order valence-corrected chi connectivity index (χ1v) is 31.0. The summed E-state index contributed by atoms with van der Waals surface area (Å²) in [5.74, 6) is 0.441. The first-order valence-electron chi connectivity index (χ1n) is 31.0. The molecule has 3 heterocycles. The summed E-state index contributed by atoms with van der Waals surface area (Å²) in [4.78, 5) is 7.66. The molecular formula is C79H80BN3O. The van der Waals surface area contributed by atoms with E-state index in [0.29, 0.717) is 5.92 Å². The van der Waals surface area contributed by atoms with Crippen molar-refractivity contribution in [1.29, 1.82) is 0 Å². The molecule has 10 aromatic rings. The van der Waals surface area contributed by atoms with Crippen LogP contribution in [0, 0.1) is 0 Å². The molecule has 0 saturated heterocycles. The highest BCUT2D eigenvalue weighted by atomic mass is 16.3. The van der Waals surface area contributed by atoms with Gasteiger partial charge >= 0.3 is 0 Å². The molecule has 0 spiro atoms. The smallest absolute Gasteiger partial charge is 0.297 e. The SMILES string of the molecule is CC(C)c1ccc(-c2ccc3c(c2)B2c4oc5cc6c(cc5c4N(c4ccc5c(c4)C(C)(C)CCC5(C)C)c4cc(N(c5ccccc5)c5ccccc5)cc(c42)N3c2ccc(-c3ccc(C(C)(C)C)cc3)cc2)C(C)(C)CCC6(C)C)cc1. The Labute approximate surface area is 500 Å². The van der Waals surface area contributed by atoms with Gasteiger partial charge in [-0.25, -0.2) is 0 Å². The first kappa shape index (κ1) is 54.0. The van der Waals surface area contributed by atoms with Gasteiger partial charge in [-0.1, -0.05) is 205 Å². The van der Waals surface area contributed by atoms with Crippen molar-refractivity contribution in [3.8, 4) is 22.3 Å². The molecule has 420 valence electrons. The van der Waals surface area contributed by atoms with Crippen LogP contribution in [0.15, 0.2) is 199 Å². The summed E-state index contributed by atoms with van der Waals surface area (Å²) in [5.41, 5.74) is 27.8. The molecule has 2 aliphatic carbocycles. The highest BCUT2D eigenvalue weighted by molar-refractivity contribution is 7.00. The van der Waals surface area contributed by atoms with E-state index >= 15 is 0 Å². The van der Waals surface area contributed by atoms with E-state index in [2.05, 4.69) is 299 Å². The van der Waals surface area contributed by atoms with Crippen LogP contribution in [-0.4, -0.2) is 6.71 Å². The summed E-state index contributed by atoms with van der Waals surface area (Å²) in [6, 6.07) is 74.3. The van der Waals surface area contributed by atoms with Crippen molar-refractivity contribution >= 4 is 85.5 Å². The van der Waals surface area contributed by atoms with Gasteiger partial charge in [-0.2, -0.15) is 0 Å². The third-order valence-corrected chi connectivity index (χ3v) is 20.1. The number of nitrogens with zero attached hydrogens (tertiary/aromatic N) is 3. The van der Waals surface area contributed by atoms with Crippen LogP contribution in [0.1, 0.15) is 155 Å². The Kier molecular flexibility index (Phi) is 12.4. The van der Waals surface area contributed by atoms with Crippen LogP contribution in [0.5, 0.6) is 0 Å². The molecule has 2 aliphatic heterocycles. The van der Waals surface area contributed by atoms with Crippen molar-refractivity contribution in [2.75, 3.05) is 14.7 Å². The topological polar surface area (TPSA) is 22.9 Å². The standard InChI is InChI=1S/C79H80BN3O/c1-50(2)51-24-26-54(27-25-51)55-32-39-68-67(44-55)80-72-69(82(68)59-35-30-53(31-36-59)52-28-33-56(34-29-52)75(3,4)5)46-61(81(57-20-16-14-17-21-57)58-22-18-15-19-23-58)47-70(72)83(60-37-38-63-64(45-60)77(8,9)41-40-76(63,6)7)73-62-48-65-66(49-71(62)84-74(73)80)79(12,13)43-42-78(65,10)11/h14-39,44-50H,40-43H2,1-13H3. The van der Waals surface area contributed by atoms with E-state index in [1.54, 1.807) is 0 Å². The number of hydrogen-bond donors (Lipinski definition) is 0. The largest absolute Gasteiger partial charge is 0.468 e. The minimum Gasteiger partial charge on any atom is -0.468 e. The minimum absolute atomic E-state index is 0.00430. The summed E-state index contributed by atoms with van der Waals surface area (Å²) < 4.78 is 7.83. The van der Waals surface area contributed by atoms with Crippen LogP contribution in [0.3, 0.4) is 0 Å². The molecule has 0 bridgehead atoms. The van der Waals surface area contributed by atoms with Gasteiger partial charge in [-0.15, -0.1) is 0 Å². The maximum absolute atomic E-state index is 7.83. The molecule has 0 saturated carbocycles. The number of fused-ring (bicyclic) bond motifs is 8. The summed E-state index contributed by atoms with van der Waals surface area (Å²) >= 11 is 0. The minimum atomic E-state index is -0.252. The predicted molar refractivity (Wildman–Crippen MR) is 359 cm³/mol. The molecule has 0 fully saturated rings. The fourth-order valence-electron chi connectivity index (χ4n) is 14.7. The lowest BCUT2D eigenvalue weighted by atomic mass is 9.35.